The molecule has 1 aromatic rings. The number of aliphatic hydroxyl groups is 2. The van der Waals surface area contributed by atoms with Crippen LogP contribution in [0.25, 0.3) is 0 Å². The second-order valence-electron chi connectivity index (χ2n) is 5.17. The second-order valence-corrected chi connectivity index (χ2v) is 6.74. The van der Waals surface area contributed by atoms with Crippen LogP contribution in [0.2, 0.25) is 0 Å². The highest BCUT2D eigenvalue weighted by molar-refractivity contribution is 7.86. The first kappa shape index (κ1) is 15.4. The number of esters is 1. The van der Waals surface area contributed by atoms with Gasteiger partial charge in [-0.05, 0) is 19.1 Å². The zero-order valence-electron chi connectivity index (χ0n) is 11.4. The summed E-state index contributed by atoms with van der Waals surface area (Å²) in [5.41, 5.74) is 0.865. The van der Waals surface area contributed by atoms with Crippen molar-refractivity contribution < 1.29 is 37.1 Å². The summed E-state index contributed by atoms with van der Waals surface area (Å²) in [6.07, 6.45) is -6.90. The van der Waals surface area contributed by atoms with Gasteiger partial charge in [-0.25, -0.2) is 8.98 Å². The van der Waals surface area contributed by atoms with E-state index >= 15 is 0 Å². The highest BCUT2D eigenvalue weighted by atomic mass is 32.2. The molecule has 2 aliphatic heterocycles. The normalized spacial score (nSPS) is 34.5. The topological polar surface area (TPSA) is 119 Å². The zero-order chi connectivity index (χ0) is 16.1. The average molecular weight is 330 g/mol. The lowest BCUT2D eigenvalue weighted by Gasteiger charge is -2.14. The second kappa shape index (κ2) is 5.28. The van der Waals surface area contributed by atoms with E-state index in [1.165, 1.54) is 12.1 Å². The number of aliphatic hydroxyl groups excluding tert-OH is 2. The van der Waals surface area contributed by atoms with Gasteiger partial charge in [-0.15, -0.1) is 0 Å². The van der Waals surface area contributed by atoms with Gasteiger partial charge >= 0.3 is 5.97 Å². The molecule has 2 heterocycles. The molecule has 2 aliphatic rings. The van der Waals surface area contributed by atoms with Gasteiger partial charge in [-0.2, -0.15) is 8.42 Å². The van der Waals surface area contributed by atoms with E-state index in [9.17, 15) is 23.4 Å². The van der Waals surface area contributed by atoms with Crippen LogP contribution in [0.4, 0.5) is 0 Å². The van der Waals surface area contributed by atoms with E-state index in [1.807, 2.05) is 0 Å². The minimum absolute atomic E-state index is 0.117. The van der Waals surface area contributed by atoms with Gasteiger partial charge < -0.3 is 19.7 Å². The van der Waals surface area contributed by atoms with Gasteiger partial charge in [0.2, 0.25) is 6.10 Å². The number of benzene rings is 1. The van der Waals surface area contributed by atoms with Crippen molar-refractivity contribution in [3.63, 3.8) is 0 Å². The van der Waals surface area contributed by atoms with Gasteiger partial charge in [0.25, 0.3) is 10.1 Å². The number of aryl methyl sites for hydroxylation is 1. The van der Waals surface area contributed by atoms with Gasteiger partial charge in [-0.1, -0.05) is 17.7 Å². The highest BCUT2D eigenvalue weighted by Gasteiger charge is 2.58. The molecule has 2 N–H and O–H groups in total. The molecule has 0 bridgehead atoms. The summed E-state index contributed by atoms with van der Waals surface area (Å²) in [5.74, 6) is -0.961. The monoisotopic (exact) mass is 330 g/mol. The Bertz CT molecular complexity index is 682. The number of rotatable bonds is 3. The third-order valence-electron chi connectivity index (χ3n) is 3.57. The van der Waals surface area contributed by atoms with Crippen LogP contribution in [0, 0.1) is 6.92 Å². The molecular formula is C13H14O8S. The molecule has 8 nitrogen and oxygen atoms in total. The van der Waals surface area contributed by atoms with Gasteiger partial charge in [0, 0.05) is 0 Å². The van der Waals surface area contributed by atoms with Crippen LogP contribution in [0.15, 0.2) is 29.2 Å². The van der Waals surface area contributed by atoms with Crippen molar-refractivity contribution in [3.8, 4) is 0 Å². The first-order valence-corrected chi connectivity index (χ1v) is 7.92. The molecule has 0 spiro atoms. The van der Waals surface area contributed by atoms with E-state index in [-0.39, 0.29) is 4.90 Å². The molecule has 5 atom stereocenters. The molecule has 0 radical (unpaired) electrons. The molecule has 1 aromatic carbocycles. The molecule has 2 saturated heterocycles. The van der Waals surface area contributed by atoms with Crippen molar-refractivity contribution in [2.24, 2.45) is 0 Å². The van der Waals surface area contributed by atoms with E-state index in [4.69, 9.17) is 13.7 Å². The standard InChI is InChI=1S/C13H14O8S/c1-6-2-4-7(5-3-6)22(17,18)21-11-10-9(19-13(11)16)8(14)12(15)20-10/h2-5,8-12,14-15H,1H3/t8-,9-,10+,11+,12-/m1/s1. The Balaban J connectivity index is 1.83. The zero-order valence-corrected chi connectivity index (χ0v) is 12.3. The van der Waals surface area contributed by atoms with Crippen LogP contribution < -0.4 is 0 Å². The maximum absolute atomic E-state index is 12.2. The Morgan fingerprint density at radius 1 is 1.14 bits per heavy atom. The Morgan fingerprint density at radius 3 is 2.41 bits per heavy atom. The SMILES string of the molecule is Cc1ccc(S(=O)(=O)O[C@@H]2C(=O)O[C@@H]3[C@@H](O)[C@H](O)O[C@@H]32)cc1. The molecule has 0 aromatic heterocycles. The predicted molar refractivity (Wildman–Crippen MR) is 70.0 cm³/mol. The lowest BCUT2D eigenvalue weighted by atomic mass is 10.1. The van der Waals surface area contributed by atoms with Crippen LogP contribution in [0.5, 0.6) is 0 Å². The average Bonchev–Trinajstić information content (AvgIpc) is 2.89. The van der Waals surface area contributed by atoms with Crippen molar-refractivity contribution in [3.05, 3.63) is 29.8 Å². The lowest BCUT2D eigenvalue weighted by molar-refractivity contribution is -0.166. The van der Waals surface area contributed by atoms with Gasteiger partial charge in [0.05, 0.1) is 4.90 Å². The molecule has 0 amide bonds. The minimum Gasteiger partial charge on any atom is -0.454 e. The summed E-state index contributed by atoms with van der Waals surface area (Å²) in [5, 5.41) is 19.0. The number of carbonyl (C=O) groups is 1. The number of ether oxygens (including phenoxy) is 2. The molecule has 3 rings (SSSR count). The summed E-state index contributed by atoms with van der Waals surface area (Å²) >= 11 is 0. The van der Waals surface area contributed by atoms with Crippen molar-refractivity contribution in [2.75, 3.05) is 0 Å². The Kier molecular flexibility index (Phi) is 3.69. The number of hydrogen-bond donors (Lipinski definition) is 2. The highest BCUT2D eigenvalue weighted by Crippen LogP contribution is 2.34. The fraction of sp³-hybridized carbons (Fsp3) is 0.462. The van der Waals surface area contributed by atoms with Crippen LogP contribution in [-0.2, 0) is 28.6 Å². The van der Waals surface area contributed by atoms with Crippen LogP contribution in [0.1, 0.15) is 5.56 Å². The fourth-order valence-electron chi connectivity index (χ4n) is 2.38. The molecule has 0 aliphatic carbocycles. The molecule has 0 saturated carbocycles. The fourth-order valence-corrected chi connectivity index (χ4v) is 3.42. The maximum atomic E-state index is 12.2. The quantitative estimate of drug-likeness (QED) is 0.539. The predicted octanol–water partition coefficient (Wildman–Crippen LogP) is -0.928. The number of hydrogen-bond acceptors (Lipinski definition) is 8. The molecule has 120 valence electrons. The van der Waals surface area contributed by atoms with Crippen molar-refractivity contribution >= 4 is 16.1 Å². The Hall–Kier alpha value is -1.52. The van der Waals surface area contributed by atoms with Gasteiger partial charge in [0.1, 0.15) is 12.2 Å². The van der Waals surface area contributed by atoms with Crippen LogP contribution in [-0.4, -0.2) is 55.3 Å². The van der Waals surface area contributed by atoms with Gasteiger partial charge in [0.15, 0.2) is 12.4 Å². The van der Waals surface area contributed by atoms with E-state index in [2.05, 4.69) is 0 Å². The summed E-state index contributed by atoms with van der Waals surface area (Å²) in [7, 11) is -4.21. The molecule has 0 unspecified atom stereocenters. The minimum atomic E-state index is -4.21. The smallest absolute Gasteiger partial charge is 0.340 e. The van der Waals surface area contributed by atoms with Crippen molar-refractivity contribution in [1.29, 1.82) is 0 Å². The molecule has 9 heteroatoms. The van der Waals surface area contributed by atoms with Crippen LogP contribution in [0.3, 0.4) is 0 Å². The third-order valence-corrected chi connectivity index (χ3v) is 4.88. The number of fused-ring (bicyclic) bond motifs is 1. The van der Waals surface area contributed by atoms with E-state index in [1.54, 1.807) is 19.1 Å². The largest absolute Gasteiger partial charge is 0.454 e. The summed E-state index contributed by atoms with van der Waals surface area (Å²) in [6, 6.07) is 5.88. The molecule has 2 fully saturated rings. The van der Waals surface area contributed by atoms with E-state index < -0.39 is 46.8 Å². The molecule has 22 heavy (non-hydrogen) atoms. The van der Waals surface area contributed by atoms with Crippen molar-refractivity contribution in [2.45, 2.75) is 42.5 Å². The summed E-state index contributed by atoms with van der Waals surface area (Å²) in [6.45, 7) is 1.80. The van der Waals surface area contributed by atoms with E-state index in [0.717, 1.165) is 5.56 Å². The Labute approximate surface area is 126 Å². The maximum Gasteiger partial charge on any atom is 0.340 e. The first-order valence-electron chi connectivity index (χ1n) is 6.51. The van der Waals surface area contributed by atoms with Crippen molar-refractivity contribution in [1.82, 2.24) is 0 Å². The lowest BCUT2D eigenvalue weighted by Crippen LogP contribution is -2.35. The van der Waals surface area contributed by atoms with Crippen LogP contribution >= 0.6 is 0 Å². The first-order chi connectivity index (χ1) is 10.3. The number of carbonyl (C=O) groups excluding carboxylic acids is 1. The molecular weight excluding hydrogens is 316 g/mol. The van der Waals surface area contributed by atoms with Gasteiger partial charge in [-0.3, -0.25) is 0 Å². The third kappa shape index (κ3) is 2.50. The summed E-state index contributed by atoms with van der Waals surface area (Å²) in [4.78, 5) is 11.6. The Morgan fingerprint density at radius 2 is 1.77 bits per heavy atom. The summed E-state index contributed by atoms with van der Waals surface area (Å²) < 4.78 is 39.0. The van der Waals surface area contributed by atoms with E-state index in [0.29, 0.717) is 0 Å².